The van der Waals surface area contributed by atoms with Crippen molar-refractivity contribution in [3.63, 3.8) is 0 Å². The third-order valence-electron chi connectivity index (χ3n) is 3.16. The van der Waals surface area contributed by atoms with E-state index in [2.05, 4.69) is 24.0 Å². The summed E-state index contributed by atoms with van der Waals surface area (Å²) in [5.74, 6) is 4.34. The van der Waals surface area contributed by atoms with Gasteiger partial charge in [0, 0.05) is 22.7 Å². The van der Waals surface area contributed by atoms with Gasteiger partial charge in [-0.2, -0.15) is 16.7 Å². The molecular weight excluding hydrogens is 266 g/mol. The Morgan fingerprint density at radius 1 is 1.44 bits per heavy atom. The number of hydrogen-bond donors (Lipinski definition) is 1. The molecule has 0 saturated carbocycles. The molecule has 3 unspecified atom stereocenters. The molecule has 1 aliphatic heterocycles. The van der Waals surface area contributed by atoms with E-state index >= 15 is 0 Å². The lowest BCUT2D eigenvalue weighted by Crippen LogP contribution is -2.17. The van der Waals surface area contributed by atoms with Gasteiger partial charge < -0.3 is 10.3 Å². The Kier molecular flexibility index (Phi) is 5.38. The van der Waals surface area contributed by atoms with E-state index in [-0.39, 0.29) is 0 Å². The third-order valence-corrected chi connectivity index (χ3v) is 6.25. The molecule has 1 fully saturated rings. The maximum Gasteiger partial charge on any atom is 0.229 e. The fourth-order valence-corrected chi connectivity index (χ4v) is 4.71. The van der Waals surface area contributed by atoms with Crippen LogP contribution in [0.2, 0.25) is 0 Å². The topological polar surface area (TPSA) is 64.9 Å². The van der Waals surface area contributed by atoms with E-state index in [0.29, 0.717) is 16.4 Å². The summed E-state index contributed by atoms with van der Waals surface area (Å²) in [6.45, 7) is 5.09. The van der Waals surface area contributed by atoms with Crippen LogP contribution in [0, 0.1) is 0 Å². The lowest BCUT2D eigenvalue weighted by Gasteiger charge is -2.24. The molecular formula is C12H21N3OS2. The van der Waals surface area contributed by atoms with Crippen molar-refractivity contribution in [2.75, 3.05) is 18.1 Å². The van der Waals surface area contributed by atoms with Crippen molar-refractivity contribution in [1.29, 1.82) is 0 Å². The van der Waals surface area contributed by atoms with Gasteiger partial charge in [0.2, 0.25) is 5.89 Å². The Hall–Kier alpha value is -0.200. The smallest absolute Gasteiger partial charge is 0.229 e. The molecule has 1 saturated heterocycles. The second-order valence-corrected chi connectivity index (χ2v) is 7.42. The van der Waals surface area contributed by atoms with Crippen LogP contribution in [0.15, 0.2) is 4.52 Å². The average molecular weight is 287 g/mol. The second-order valence-electron chi connectivity index (χ2n) is 4.69. The molecule has 0 spiro atoms. The zero-order valence-corrected chi connectivity index (χ0v) is 12.6. The predicted octanol–water partition coefficient (Wildman–Crippen LogP) is 2.82. The van der Waals surface area contributed by atoms with Crippen molar-refractivity contribution < 1.29 is 4.52 Å². The summed E-state index contributed by atoms with van der Waals surface area (Å²) in [7, 11) is 0. The number of nitrogens with zero attached hydrogens (tertiary/aromatic N) is 2. The first-order chi connectivity index (χ1) is 8.72. The molecule has 1 aromatic rings. The maximum absolute atomic E-state index is 5.52. The monoisotopic (exact) mass is 287 g/mol. The molecule has 0 bridgehead atoms. The van der Waals surface area contributed by atoms with E-state index in [0.717, 1.165) is 31.1 Å². The molecule has 6 heteroatoms. The largest absolute Gasteiger partial charge is 0.339 e. The second kappa shape index (κ2) is 6.82. The first-order valence-electron chi connectivity index (χ1n) is 6.49. The summed E-state index contributed by atoms with van der Waals surface area (Å²) in [5, 5.41) is 5.11. The van der Waals surface area contributed by atoms with Crippen molar-refractivity contribution >= 4 is 23.5 Å². The molecule has 3 atom stereocenters. The van der Waals surface area contributed by atoms with E-state index in [1.54, 1.807) is 0 Å². The molecule has 2 N–H and O–H groups in total. The van der Waals surface area contributed by atoms with Gasteiger partial charge in [-0.3, -0.25) is 0 Å². The highest BCUT2D eigenvalue weighted by Crippen LogP contribution is 2.41. The molecule has 18 heavy (non-hydrogen) atoms. The minimum atomic E-state index is 0.311. The molecule has 102 valence electrons. The molecule has 0 aliphatic carbocycles. The van der Waals surface area contributed by atoms with Crippen molar-refractivity contribution in [2.45, 2.75) is 43.1 Å². The first kappa shape index (κ1) is 14.2. The van der Waals surface area contributed by atoms with Crippen molar-refractivity contribution in [2.24, 2.45) is 5.73 Å². The Balaban J connectivity index is 2.00. The van der Waals surface area contributed by atoms with Crippen LogP contribution < -0.4 is 5.73 Å². The van der Waals surface area contributed by atoms with Gasteiger partial charge in [-0.05, 0) is 19.4 Å². The van der Waals surface area contributed by atoms with Gasteiger partial charge in [0.15, 0.2) is 5.82 Å². The van der Waals surface area contributed by atoms with Gasteiger partial charge in [-0.25, -0.2) is 0 Å². The summed E-state index contributed by atoms with van der Waals surface area (Å²) in [6, 6.07) is 0. The molecule has 2 rings (SSSR count). The maximum atomic E-state index is 5.52. The minimum Gasteiger partial charge on any atom is -0.339 e. The zero-order valence-electron chi connectivity index (χ0n) is 11.0. The SMILES string of the molecule is CC(CCCN)c1nc(C2SCCSC2C)no1. The normalized spacial score (nSPS) is 26.2. The Morgan fingerprint density at radius 2 is 2.22 bits per heavy atom. The van der Waals surface area contributed by atoms with Gasteiger partial charge in [0.05, 0.1) is 5.25 Å². The molecule has 2 heterocycles. The van der Waals surface area contributed by atoms with Crippen LogP contribution in [0.4, 0.5) is 0 Å². The van der Waals surface area contributed by atoms with Crippen LogP contribution in [-0.4, -0.2) is 33.4 Å². The molecule has 1 aromatic heterocycles. The van der Waals surface area contributed by atoms with Crippen LogP contribution >= 0.6 is 23.5 Å². The number of thioether (sulfide) groups is 2. The van der Waals surface area contributed by atoms with Gasteiger partial charge >= 0.3 is 0 Å². The van der Waals surface area contributed by atoms with Crippen molar-refractivity contribution in [1.82, 2.24) is 10.1 Å². The fraction of sp³-hybridized carbons (Fsp3) is 0.833. The summed E-state index contributed by atoms with van der Waals surface area (Å²) >= 11 is 3.93. The van der Waals surface area contributed by atoms with E-state index in [1.807, 2.05) is 23.5 Å². The Bertz CT molecular complexity index is 372. The molecule has 0 amide bonds. The zero-order chi connectivity index (χ0) is 13.0. The average Bonchev–Trinajstić information content (AvgIpc) is 2.86. The summed E-state index contributed by atoms with van der Waals surface area (Å²) in [6.07, 6.45) is 2.02. The predicted molar refractivity (Wildman–Crippen MR) is 78.1 cm³/mol. The molecule has 4 nitrogen and oxygen atoms in total. The quantitative estimate of drug-likeness (QED) is 0.898. The van der Waals surface area contributed by atoms with E-state index in [4.69, 9.17) is 10.3 Å². The van der Waals surface area contributed by atoms with Gasteiger partial charge in [-0.15, -0.1) is 11.8 Å². The molecule has 0 aromatic carbocycles. The van der Waals surface area contributed by atoms with Gasteiger partial charge in [0.1, 0.15) is 0 Å². The third kappa shape index (κ3) is 3.42. The number of nitrogens with two attached hydrogens (primary N) is 1. The van der Waals surface area contributed by atoms with Gasteiger partial charge in [0.25, 0.3) is 0 Å². The number of rotatable bonds is 5. The highest BCUT2D eigenvalue weighted by molar-refractivity contribution is 8.06. The molecule has 1 aliphatic rings. The summed E-state index contributed by atoms with van der Waals surface area (Å²) < 4.78 is 5.40. The van der Waals surface area contributed by atoms with Crippen LogP contribution in [0.1, 0.15) is 49.6 Å². The number of hydrogen-bond acceptors (Lipinski definition) is 6. The highest BCUT2D eigenvalue weighted by atomic mass is 32.2. The Morgan fingerprint density at radius 3 is 2.94 bits per heavy atom. The van der Waals surface area contributed by atoms with E-state index in [9.17, 15) is 0 Å². The standard InChI is InChI=1S/C12H21N3OS2/c1-8(4-3-5-13)12-14-11(15-16-12)10-9(2)17-6-7-18-10/h8-10H,3-7,13H2,1-2H3. The summed E-state index contributed by atoms with van der Waals surface area (Å²) in [5.41, 5.74) is 5.52. The van der Waals surface area contributed by atoms with Crippen molar-refractivity contribution in [3.8, 4) is 0 Å². The van der Waals surface area contributed by atoms with Crippen molar-refractivity contribution in [3.05, 3.63) is 11.7 Å². The lowest BCUT2D eigenvalue weighted by atomic mass is 10.1. The Labute approximate surface area is 117 Å². The van der Waals surface area contributed by atoms with Crippen LogP contribution in [-0.2, 0) is 0 Å². The van der Waals surface area contributed by atoms with Crippen LogP contribution in [0.5, 0.6) is 0 Å². The lowest BCUT2D eigenvalue weighted by molar-refractivity contribution is 0.348. The van der Waals surface area contributed by atoms with E-state index < -0.39 is 0 Å². The fourth-order valence-electron chi connectivity index (χ4n) is 2.03. The number of aromatic nitrogens is 2. The van der Waals surface area contributed by atoms with Crippen LogP contribution in [0.3, 0.4) is 0 Å². The van der Waals surface area contributed by atoms with Crippen LogP contribution in [0.25, 0.3) is 0 Å². The highest BCUT2D eigenvalue weighted by Gasteiger charge is 2.29. The first-order valence-corrected chi connectivity index (χ1v) is 8.59. The molecule has 0 radical (unpaired) electrons. The minimum absolute atomic E-state index is 0.311. The van der Waals surface area contributed by atoms with Gasteiger partial charge in [-0.1, -0.05) is 19.0 Å². The summed E-state index contributed by atoms with van der Waals surface area (Å²) in [4.78, 5) is 4.58. The van der Waals surface area contributed by atoms with E-state index in [1.165, 1.54) is 11.5 Å².